The van der Waals surface area contributed by atoms with Crippen LogP contribution >= 0.6 is 11.6 Å². The van der Waals surface area contributed by atoms with Crippen molar-refractivity contribution in [1.29, 1.82) is 0 Å². The van der Waals surface area contributed by atoms with Crippen LogP contribution in [-0.4, -0.2) is 11.8 Å². The summed E-state index contributed by atoms with van der Waals surface area (Å²) in [5.74, 6) is -0.436. The fourth-order valence-corrected chi connectivity index (χ4v) is 1.51. The van der Waals surface area contributed by atoms with Crippen molar-refractivity contribution in [2.75, 3.05) is 0 Å². The molecule has 0 atom stereocenters. The van der Waals surface area contributed by atoms with E-state index in [-0.39, 0.29) is 11.6 Å². The van der Waals surface area contributed by atoms with Gasteiger partial charge in [0.05, 0.1) is 6.26 Å². The Bertz CT molecular complexity index is 576. The van der Waals surface area contributed by atoms with Gasteiger partial charge in [-0.15, -0.1) is 0 Å². The van der Waals surface area contributed by atoms with Gasteiger partial charge in [-0.1, -0.05) is 28.9 Å². The largest absolute Gasteiger partial charge is 0.457 e. The number of carbonyl (C=O) groups excluding carboxylic acids is 1. The zero-order valence-corrected chi connectivity index (χ0v) is 10.6. The lowest BCUT2D eigenvalue weighted by molar-refractivity contribution is 0.0478. The lowest BCUT2D eigenvalue weighted by atomic mass is 10.1. The first-order chi connectivity index (χ1) is 9.15. The molecule has 0 spiro atoms. The summed E-state index contributed by atoms with van der Waals surface area (Å²) in [5, 5.41) is 4.19. The first-order valence-electron chi connectivity index (χ1n) is 5.47. The molecule has 0 saturated carbocycles. The molecule has 0 saturated heterocycles. The number of amidine groups is 1. The summed E-state index contributed by atoms with van der Waals surface area (Å²) < 4.78 is 4.86. The maximum atomic E-state index is 11.4. The molecular weight excluding hydrogens is 268 g/mol. The van der Waals surface area contributed by atoms with Crippen molar-refractivity contribution in [2.24, 2.45) is 10.9 Å². The standard InChI is InChI=1S/C13H11ClN2O3/c14-10-5-3-9(4-6-10)8-12(15)16-19-13(17)11-2-1-7-18-11/h1-7H,8H2,(H2,15,16). The van der Waals surface area contributed by atoms with Crippen molar-refractivity contribution >= 4 is 23.4 Å². The average molecular weight is 279 g/mol. The second kappa shape index (κ2) is 6.06. The van der Waals surface area contributed by atoms with Crippen LogP contribution in [0.2, 0.25) is 5.02 Å². The molecule has 1 aromatic heterocycles. The van der Waals surface area contributed by atoms with E-state index in [1.54, 1.807) is 18.2 Å². The molecule has 0 bridgehead atoms. The summed E-state index contributed by atoms with van der Waals surface area (Å²) in [7, 11) is 0. The van der Waals surface area contributed by atoms with Crippen molar-refractivity contribution in [3.05, 3.63) is 59.0 Å². The number of hydrogen-bond donors (Lipinski definition) is 1. The van der Waals surface area contributed by atoms with Crippen molar-refractivity contribution in [1.82, 2.24) is 0 Å². The van der Waals surface area contributed by atoms with Gasteiger partial charge in [-0.05, 0) is 29.8 Å². The topological polar surface area (TPSA) is 77.8 Å². The van der Waals surface area contributed by atoms with Crippen molar-refractivity contribution < 1.29 is 14.0 Å². The van der Waals surface area contributed by atoms with Crippen molar-refractivity contribution in [3.63, 3.8) is 0 Å². The Kier molecular flexibility index (Phi) is 4.20. The third-order valence-corrected chi connectivity index (χ3v) is 2.52. The van der Waals surface area contributed by atoms with Gasteiger partial charge in [-0.25, -0.2) is 4.79 Å². The van der Waals surface area contributed by atoms with E-state index in [1.165, 1.54) is 12.3 Å². The van der Waals surface area contributed by atoms with E-state index in [9.17, 15) is 4.79 Å². The summed E-state index contributed by atoms with van der Waals surface area (Å²) in [4.78, 5) is 16.1. The minimum absolute atomic E-state index is 0.0723. The van der Waals surface area contributed by atoms with Gasteiger partial charge in [0.15, 0.2) is 0 Å². The third-order valence-electron chi connectivity index (χ3n) is 2.27. The molecular formula is C13H11ClN2O3. The van der Waals surface area contributed by atoms with Crippen molar-refractivity contribution in [3.8, 4) is 0 Å². The van der Waals surface area contributed by atoms with E-state index in [0.29, 0.717) is 11.4 Å². The highest BCUT2D eigenvalue weighted by Gasteiger charge is 2.10. The van der Waals surface area contributed by atoms with E-state index >= 15 is 0 Å². The van der Waals surface area contributed by atoms with Crippen LogP contribution in [0.4, 0.5) is 0 Å². The van der Waals surface area contributed by atoms with Crippen LogP contribution in [0.5, 0.6) is 0 Å². The van der Waals surface area contributed by atoms with Crippen LogP contribution in [0.25, 0.3) is 0 Å². The molecule has 1 aromatic carbocycles. The van der Waals surface area contributed by atoms with E-state index < -0.39 is 5.97 Å². The normalized spacial score (nSPS) is 11.3. The van der Waals surface area contributed by atoms with Gasteiger partial charge in [0, 0.05) is 11.4 Å². The first-order valence-corrected chi connectivity index (χ1v) is 5.84. The maximum absolute atomic E-state index is 11.4. The monoisotopic (exact) mass is 278 g/mol. The molecule has 0 aliphatic heterocycles. The van der Waals surface area contributed by atoms with Gasteiger partial charge in [0.1, 0.15) is 5.84 Å². The molecule has 2 rings (SSSR count). The minimum Gasteiger partial charge on any atom is -0.457 e. The fourth-order valence-electron chi connectivity index (χ4n) is 1.38. The highest BCUT2D eigenvalue weighted by molar-refractivity contribution is 6.30. The molecule has 5 nitrogen and oxygen atoms in total. The van der Waals surface area contributed by atoms with Crippen LogP contribution in [0.1, 0.15) is 16.1 Å². The molecule has 2 aromatic rings. The van der Waals surface area contributed by atoms with Gasteiger partial charge >= 0.3 is 5.97 Å². The number of halogens is 1. The summed E-state index contributed by atoms with van der Waals surface area (Å²) in [6.45, 7) is 0. The van der Waals surface area contributed by atoms with Crippen LogP contribution in [0.15, 0.2) is 52.2 Å². The zero-order chi connectivity index (χ0) is 13.7. The number of benzene rings is 1. The predicted octanol–water partition coefficient (Wildman–Crippen LogP) is 2.60. The Balaban J connectivity index is 1.92. The van der Waals surface area contributed by atoms with Crippen LogP contribution < -0.4 is 5.73 Å². The second-order valence-corrected chi connectivity index (χ2v) is 4.18. The first kappa shape index (κ1) is 13.2. The number of rotatable bonds is 4. The number of oxime groups is 1. The number of hydrogen-bond acceptors (Lipinski definition) is 4. The SMILES string of the molecule is N/C(Cc1ccc(Cl)cc1)=N\OC(=O)c1ccco1. The maximum Gasteiger partial charge on any atom is 0.400 e. The quantitative estimate of drug-likeness (QED) is 0.403. The van der Waals surface area contributed by atoms with Gasteiger partial charge in [-0.3, -0.25) is 0 Å². The lowest BCUT2D eigenvalue weighted by Crippen LogP contribution is -2.16. The Morgan fingerprint density at radius 3 is 2.68 bits per heavy atom. The van der Waals surface area contributed by atoms with Crippen molar-refractivity contribution in [2.45, 2.75) is 6.42 Å². The Labute approximate surface area is 114 Å². The summed E-state index contributed by atoms with van der Waals surface area (Å²) in [6.07, 6.45) is 1.74. The van der Waals surface area contributed by atoms with Gasteiger partial charge in [0.25, 0.3) is 0 Å². The van der Waals surface area contributed by atoms with Gasteiger partial charge in [-0.2, -0.15) is 0 Å². The molecule has 19 heavy (non-hydrogen) atoms. The minimum atomic E-state index is -0.691. The molecule has 0 amide bonds. The van der Waals surface area contributed by atoms with Crippen LogP contribution in [0.3, 0.4) is 0 Å². The molecule has 0 aliphatic rings. The smallest absolute Gasteiger partial charge is 0.400 e. The van der Waals surface area contributed by atoms with Gasteiger partial charge in [0.2, 0.25) is 5.76 Å². The highest BCUT2D eigenvalue weighted by atomic mass is 35.5. The van der Waals surface area contributed by atoms with E-state index in [1.807, 2.05) is 12.1 Å². The van der Waals surface area contributed by atoms with Crippen LogP contribution in [-0.2, 0) is 11.3 Å². The molecule has 6 heteroatoms. The Morgan fingerprint density at radius 1 is 1.32 bits per heavy atom. The molecule has 98 valence electrons. The molecule has 1 heterocycles. The number of nitrogens with zero attached hydrogens (tertiary/aromatic N) is 1. The summed E-state index contributed by atoms with van der Waals surface area (Å²) >= 11 is 5.77. The highest BCUT2D eigenvalue weighted by Crippen LogP contribution is 2.10. The Morgan fingerprint density at radius 2 is 2.05 bits per heavy atom. The molecule has 0 fully saturated rings. The van der Waals surface area contributed by atoms with E-state index in [2.05, 4.69) is 9.99 Å². The lowest BCUT2D eigenvalue weighted by Gasteiger charge is -2.01. The number of carbonyl (C=O) groups is 1. The molecule has 0 unspecified atom stereocenters. The number of nitrogens with two attached hydrogens (primary N) is 1. The predicted molar refractivity (Wildman–Crippen MR) is 70.9 cm³/mol. The average Bonchev–Trinajstić information content (AvgIpc) is 2.93. The molecule has 0 radical (unpaired) electrons. The van der Waals surface area contributed by atoms with E-state index in [4.69, 9.17) is 21.8 Å². The molecule has 0 aliphatic carbocycles. The van der Waals surface area contributed by atoms with Crippen LogP contribution in [0, 0.1) is 0 Å². The second-order valence-electron chi connectivity index (χ2n) is 3.74. The summed E-state index contributed by atoms with van der Waals surface area (Å²) in [6, 6.07) is 10.2. The van der Waals surface area contributed by atoms with Gasteiger partial charge < -0.3 is 15.0 Å². The number of furan rings is 1. The fraction of sp³-hybridized carbons (Fsp3) is 0.0769. The zero-order valence-electron chi connectivity index (χ0n) is 9.88. The Hall–Kier alpha value is -2.27. The third kappa shape index (κ3) is 3.86. The molecule has 2 N–H and O–H groups in total. The van der Waals surface area contributed by atoms with E-state index in [0.717, 1.165) is 5.56 Å². The summed E-state index contributed by atoms with van der Waals surface area (Å²) in [5.41, 5.74) is 6.57.